The largest absolute Gasteiger partial charge is 0.497 e. The van der Waals surface area contributed by atoms with Crippen molar-refractivity contribution in [3.63, 3.8) is 0 Å². The predicted octanol–water partition coefficient (Wildman–Crippen LogP) is 3.81. The molecule has 0 atom stereocenters. The van der Waals surface area contributed by atoms with Crippen LogP contribution in [0.15, 0.2) is 54.2 Å². The molecule has 2 aromatic rings. The average molecular weight is 320 g/mol. The molecule has 4 rings (SSSR count). The molecule has 2 aliphatic rings. The monoisotopic (exact) mass is 320 g/mol. The van der Waals surface area contributed by atoms with E-state index in [1.165, 1.54) is 0 Å². The Morgan fingerprint density at radius 2 is 1.92 bits per heavy atom. The number of benzene rings is 2. The average Bonchev–Trinajstić information content (AvgIpc) is 3.14. The van der Waals surface area contributed by atoms with Crippen LogP contribution in [0, 0.1) is 0 Å². The number of ether oxygens (including phenoxy) is 1. The number of methoxy groups -OCH3 is 1. The van der Waals surface area contributed by atoms with Gasteiger partial charge in [0.25, 0.3) is 5.91 Å². The molecule has 2 heterocycles. The first kappa shape index (κ1) is 14.8. The van der Waals surface area contributed by atoms with Crippen molar-refractivity contribution in [3.05, 3.63) is 59.8 Å². The Morgan fingerprint density at radius 3 is 2.67 bits per heavy atom. The van der Waals surface area contributed by atoms with Gasteiger partial charge in [0, 0.05) is 30.9 Å². The predicted molar refractivity (Wildman–Crippen MR) is 95.4 cm³/mol. The van der Waals surface area contributed by atoms with Gasteiger partial charge >= 0.3 is 0 Å². The fourth-order valence-corrected chi connectivity index (χ4v) is 3.63. The molecule has 2 aromatic carbocycles. The summed E-state index contributed by atoms with van der Waals surface area (Å²) in [7, 11) is 3.71. The molecule has 0 spiro atoms. The third-order valence-corrected chi connectivity index (χ3v) is 4.80. The van der Waals surface area contributed by atoms with E-state index in [-0.39, 0.29) is 5.91 Å². The number of anilines is 2. The Morgan fingerprint density at radius 1 is 1.08 bits per heavy atom. The van der Waals surface area contributed by atoms with Crippen molar-refractivity contribution in [3.8, 4) is 5.75 Å². The molecule has 1 saturated heterocycles. The quantitative estimate of drug-likeness (QED) is 0.789. The maximum Gasteiger partial charge on any atom is 0.265 e. The highest BCUT2D eigenvalue weighted by Crippen LogP contribution is 2.45. The second-order valence-corrected chi connectivity index (χ2v) is 6.21. The molecule has 122 valence electrons. The van der Waals surface area contributed by atoms with Crippen LogP contribution in [-0.4, -0.2) is 31.5 Å². The summed E-state index contributed by atoms with van der Waals surface area (Å²) < 4.78 is 5.32. The molecule has 0 saturated carbocycles. The summed E-state index contributed by atoms with van der Waals surface area (Å²) in [4.78, 5) is 17.3. The number of fused-ring (bicyclic) bond motifs is 1. The number of rotatable bonds is 2. The van der Waals surface area contributed by atoms with Crippen LogP contribution in [0.25, 0.3) is 5.57 Å². The van der Waals surface area contributed by atoms with Gasteiger partial charge in [-0.3, -0.25) is 9.69 Å². The van der Waals surface area contributed by atoms with E-state index < -0.39 is 0 Å². The zero-order valence-corrected chi connectivity index (χ0v) is 14.0. The summed E-state index contributed by atoms with van der Waals surface area (Å²) in [5.74, 6) is 0.796. The van der Waals surface area contributed by atoms with Crippen LogP contribution in [0.1, 0.15) is 18.4 Å². The molecule has 0 aliphatic carbocycles. The molecule has 4 nitrogen and oxygen atoms in total. The summed E-state index contributed by atoms with van der Waals surface area (Å²) in [6, 6.07) is 15.7. The fraction of sp³-hybridized carbons (Fsp3) is 0.250. The number of hydrogen-bond acceptors (Lipinski definition) is 3. The van der Waals surface area contributed by atoms with Crippen molar-refractivity contribution >= 4 is 22.9 Å². The van der Waals surface area contributed by atoms with Gasteiger partial charge in [-0.1, -0.05) is 24.3 Å². The lowest BCUT2D eigenvalue weighted by atomic mass is 10.0. The number of nitrogens with zero attached hydrogens (tertiary/aromatic N) is 2. The number of hydrogen-bond donors (Lipinski definition) is 0. The molecule has 2 aliphatic heterocycles. The van der Waals surface area contributed by atoms with Gasteiger partial charge in [-0.2, -0.15) is 0 Å². The molecular weight excluding hydrogens is 300 g/mol. The minimum absolute atomic E-state index is 0.0493. The number of para-hydroxylation sites is 1. The topological polar surface area (TPSA) is 32.8 Å². The van der Waals surface area contributed by atoms with Crippen molar-refractivity contribution < 1.29 is 9.53 Å². The molecule has 0 bridgehead atoms. The zero-order valence-electron chi connectivity index (χ0n) is 14.0. The van der Waals surface area contributed by atoms with Crippen LogP contribution < -0.4 is 9.64 Å². The molecule has 24 heavy (non-hydrogen) atoms. The molecule has 1 fully saturated rings. The van der Waals surface area contributed by atoms with Crippen LogP contribution in [0.5, 0.6) is 5.75 Å². The number of amides is 1. The third-order valence-electron chi connectivity index (χ3n) is 4.80. The van der Waals surface area contributed by atoms with Gasteiger partial charge in [0.05, 0.1) is 24.1 Å². The molecule has 0 aromatic heterocycles. The van der Waals surface area contributed by atoms with Gasteiger partial charge in [-0.15, -0.1) is 0 Å². The Hall–Kier alpha value is -2.75. The molecule has 0 unspecified atom stereocenters. The van der Waals surface area contributed by atoms with Gasteiger partial charge < -0.3 is 9.64 Å². The first-order chi connectivity index (χ1) is 11.7. The minimum Gasteiger partial charge on any atom is -0.497 e. The third kappa shape index (κ3) is 2.18. The van der Waals surface area contributed by atoms with E-state index in [1.54, 1.807) is 12.0 Å². The number of carbonyl (C=O) groups excluding carboxylic acids is 1. The van der Waals surface area contributed by atoms with E-state index in [0.717, 1.165) is 53.3 Å². The highest BCUT2D eigenvalue weighted by molar-refractivity contribution is 6.35. The van der Waals surface area contributed by atoms with Gasteiger partial charge in [0.1, 0.15) is 5.75 Å². The molecule has 0 radical (unpaired) electrons. The zero-order chi connectivity index (χ0) is 16.7. The summed E-state index contributed by atoms with van der Waals surface area (Å²) in [5, 5.41) is 0. The van der Waals surface area contributed by atoms with Gasteiger partial charge in [-0.05, 0) is 31.0 Å². The van der Waals surface area contributed by atoms with E-state index in [4.69, 9.17) is 4.74 Å². The van der Waals surface area contributed by atoms with Crippen LogP contribution in [0.4, 0.5) is 11.4 Å². The van der Waals surface area contributed by atoms with E-state index in [0.29, 0.717) is 0 Å². The molecule has 0 N–H and O–H groups in total. The van der Waals surface area contributed by atoms with Gasteiger partial charge in [0.2, 0.25) is 0 Å². The lowest BCUT2D eigenvalue weighted by molar-refractivity contribution is -0.112. The van der Waals surface area contributed by atoms with Crippen molar-refractivity contribution in [2.45, 2.75) is 12.8 Å². The first-order valence-electron chi connectivity index (χ1n) is 8.23. The Balaban J connectivity index is 1.90. The maximum absolute atomic E-state index is 13.3. The number of carbonyl (C=O) groups is 1. The minimum atomic E-state index is 0.0493. The molecular formula is C20H20N2O2. The van der Waals surface area contributed by atoms with Crippen LogP contribution in [0.3, 0.4) is 0 Å². The highest BCUT2D eigenvalue weighted by Gasteiger charge is 2.37. The van der Waals surface area contributed by atoms with Crippen LogP contribution in [0.2, 0.25) is 0 Å². The molecule has 1 amide bonds. The Labute approximate surface area is 142 Å². The highest BCUT2D eigenvalue weighted by atomic mass is 16.5. The first-order valence-corrected chi connectivity index (χ1v) is 8.23. The summed E-state index contributed by atoms with van der Waals surface area (Å²) in [6.45, 7) is 1.01. The van der Waals surface area contributed by atoms with Gasteiger partial charge in [0.15, 0.2) is 0 Å². The van der Waals surface area contributed by atoms with E-state index in [9.17, 15) is 4.79 Å². The standard InChI is InChI=1S/C20H20N2O2/c1-21-12-6-11-18(21)19-16-9-3-4-10-17(16)22(20(19)23)14-7-5-8-15(13-14)24-2/h3-5,7-10,13H,6,11-12H2,1-2H3/b19-18-. The Bertz CT molecular complexity index is 841. The van der Waals surface area contributed by atoms with Crippen molar-refractivity contribution in [1.82, 2.24) is 4.90 Å². The summed E-state index contributed by atoms with van der Waals surface area (Å²) in [6.07, 6.45) is 2.06. The summed E-state index contributed by atoms with van der Waals surface area (Å²) in [5.41, 5.74) is 4.79. The number of allylic oxidation sites excluding steroid dienone is 1. The normalized spacial score (nSPS) is 19.8. The van der Waals surface area contributed by atoms with E-state index in [1.807, 2.05) is 48.5 Å². The van der Waals surface area contributed by atoms with Crippen molar-refractivity contribution in [2.24, 2.45) is 0 Å². The van der Waals surface area contributed by atoms with Crippen molar-refractivity contribution in [2.75, 3.05) is 25.6 Å². The summed E-state index contributed by atoms with van der Waals surface area (Å²) >= 11 is 0. The van der Waals surface area contributed by atoms with Gasteiger partial charge in [-0.25, -0.2) is 0 Å². The van der Waals surface area contributed by atoms with Crippen LogP contribution >= 0.6 is 0 Å². The van der Waals surface area contributed by atoms with E-state index in [2.05, 4.69) is 11.9 Å². The smallest absolute Gasteiger partial charge is 0.265 e. The molecule has 4 heteroatoms. The maximum atomic E-state index is 13.3. The Kier molecular flexibility index (Phi) is 3.53. The van der Waals surface area contributed by atoms with Crippen molar-refractivity contribution in [1.29, 1.82) is 0 Å². The lowest BCUT2D eigenvalue weighted by Crippen LogP contribution is -2.22. The second-order valence-electron chi connectivity index (χ2n) is 6.21. The second kappa shape index (κ2) is 5.71. The SMILES string of the molecule is COc1cccc(N2C(=O)/C(=C3/CCCN3C)c3ccccc32)c1. The van der Waals surface area contributed by atoms with E-state index >= 15 is 0 Å². The number of likely N-dealkylation sites (tertiary alicyclic amines) is 1. The van der Waals surface area contributed by atoms with Crippen LogP contribution in [-0.2, 0) is 4.79 Å². The fourth-order valence-electron chi connectivity index (χ4n) is 3.63. The lowest BCUT2D eigenvalue weighted by Gasteiger charge is -2.19.